The minimum atomic E-state index is -1.84. The van der Waals surface area contributed by atoms with E-state index in [1.807, 2.05) is 0 Å². The van der Waals surface area contributed by atoms with Gasteiger partial charge in [-0.1, -0.05) is 0 Å². The number of hydrogen-bond acceptors (Lipinski definition) is 5. The Morgan fingerprint density at radius 1 is 0.727 bits per heavy atom. The minimum Gasteiger partial charge on any atom is -0.410 e. The predicted molar refractivity (Wildman–Crippen MR) is 96.6 cm³/mol. The number of aliphatic hydroxyl groups is 1. The highest BCUT2D eigenvalue weighted by Crippen LogP contribution is 2.29. The van der Waals surface area contributed by atoms with Crippen LogP contribution in [0.4, 0.5) is 0 Å². The molecule has 0 amide bonds. The zero-order chi connectivity index (χ0) is 17.3. The molecule has 1 aliphatic rings. The van der Waals surface area contributed by atoms with Crippen LogP contribution in [0, 0.1) is 0 Å². The first-order valence-electron chi connectivity index (χ1n) is 8.01. The third-order valence-electron chi connectivity index (χ3n) is 2.89. The molecule has 1 N–H and O–H groups in total. The van der Waals surface area contributed by atoms with Crippen molar-refractivity contribution in [3.63, 3.8) is 0 Å². The second kappa shape index (κ2) is 7.14. The molecule has 0 aromatic rings. The van der Waals surface area contributed by atoms with Gasteiger partial charge in [0.1, 0.15) is 12.2 Å². The van der Waals surface area contributed by atoms with E-state index in [0.717, 1.165) is 0 Å². The smallest absolute Gasteiger partial charge is 0.184 e. The van der Waals surface area contributed by atoms with E-state index >= 15 is 0 Å². The molecule has 0 bridgehead atoms. The standard InChI is InChI=1S/C14H34O5Si3/c1-20(2,3)17-11-10-16-14(15)13(19-22(7,8)9)12(11)18-21(4,5)6/h11-15H,10H2,1-9H3/t11-,12+,13-,14+/m0/s1. The first-order valence-corrected chi connectivity index (χ1v) is 18.2. The molecule has 132 valence electrons. The monoisotopic (exact) mass is 366 g/mol. The first kappa shape index (κ1) is 20.5. The Balaban J connectivity index is 3.01. The van der Waals surface area contributed by atoms with Crippen molar-refractivity contribution in [2.45, 2.75) is 83.5 Å². The van der Waals surface area contributed by atoms with Crippen LogP contribution in [0.15, 0.2) is 0 Å². The summed E-state index contributed by atoms with van der Waals surface area (Å²) >= 11 is 0. The summed E-state index contributed by atoms with van der Waals surface area (Å²) in [6.07, 6.45) is -1.87. The molecular weight excluding hydrogens is 332 g/mol. The zero-order valence-electron chi connectivity index (χ0n) is 15.6. The number of ether oxygens (including phenoxy) is 1. The molecule has 1 saturated heterocycles. The van der Waals surface area contributed by atoms with Crippen LogP contribution in [0.3, 0.4) is 0 Å². The lowest BCUT2D eigenvalue weighted by atomic mass is 10.1. The molecule has 0 aromatic carbocycles. The molecule has 0 spiro atoms. The van der Waals surface area contributed by atoms with Crippen molar-refractivity contribution in [3.05, 3.63) is 0 Å². The van der Waals surface area contributed by atoms with Crippen molar-refractivity contribution in [3.8, 4) is 0 Å². The largest absolute Gasteiger partial charge is 0.410 e. The van der Waals surface area contributed by atoms with Crippen LogP contribution in [0.1, 0.15) is 0 Å². The summed E-state index contributed by atoms with van der Waals surface area (Å²) in [5.41, 5.74) is 0. The van der Waals surface area contributed by atoms with E-state index < -0.39 is 37.3 Å². The van der Waals surface area contributed by atoms with Crippen molar-refractivity contribution >= 4 is 25.0 Å². The van der Waals surface area contributed by atoms with E-state index in [1.54, 1.807) is 0 Å². The minimum absolute atomic E-state index is 0.178. The van der Waals surface area contributed by atoms with Crippen molar-refractivity contribution in [1.82, 2.24) is 0 Å². The Hall–Kier alpha value is 0.451. The van der Waals surface area contributed by atoms with E-state index in [4.69, 9.17) is 18.0 Å². The normalized spacial score (nSPS) is 31.4. The quantitative estimate of drug-likeness (QED) is 0.732. The highest BCUT2D eigenvalue weighted by Gasteiger charge is 2.46. The van der Waals surface area contributed by atoms with Gasteiger partial charge in [-0.05, 0) is 58.9 Å². The van der Waals surface area contributed by atoms with Gasteiger partial charge in [0.25, 0.3) is 0 Å². The fourth-order valence-corrected chi connectivity index (χ4v) is 5.68. The van der Waals surface area contributed by atoms with Crippen molar-refractivity contribution in [1.29, 1.82) is 0 Å². The Bertz CT molecular complexity index is 359. The Morgan fingerprint density at radius 2 is 1.14 bits per heavy atom. The van der Waals surface area contributed by atoms with Gasteiger partial charge in [-0.2, -0.15) is 0 Å². The number of aliphatic hydroxyl groups excluding tert-OH is 1. The number of rotatable bonds is 6. The van der Waals surface area contributed by atoms with Gasteiger partial charge in [-0.15, -0.1) is 0 Å². The van der Waals surface area contributed by atoms with Gasteiger partial charge in [0.05, 0.1) is 12.7 Å². The maximum atomic E-state index is 10.3. The SMILES string of the molecule is C[Si](C)(C)O[C@H]1[C@H](O[Si](C)(C)C)[C@@H](O[Si](C)(C)C)CO[C@H]1O. The highest BCUT2D eigenvalue weighted by atomic mass is 28.4. The highest BCUT2D eigenvalue weighted by molar-refractivity contribution is 6.70. The average molecular weight is 367 g/mol. The predicted octanol–water partition coefficient (Wildman–Crippen LogP) is 3.00. The fourth-order valence-electron chi connectivity index (χ4n) is 2.40. The molecule has 1 rings (SSSR count). The van der Waals surface area contributed by atoms with Crippen LogP contribution in [0.5, 0.6) is 0 Å². The Labute approximate surface area is 138 Å². The van der Waals surface area contributed by atoms with E-state index in [-0.39, 0.29) is 12.2 Å². The van der Waals surface area contributed by atoms with E-state index in [0.29, 0.717) is 6.61 Å². The molecule has 0 aromatic heterocycles. The van der Waals surface area contributed by atoms with E-state index in [2.05, 4.69) is 58.9 Å². The van der Waals surface area contributed by atoms with Gasteiger partial charge >= 0.3 is 0 Å². The maximum absolute atomic E-state index is 10.3. The molecule has 22 heavy (non-hydrogen) atoms. The maximum Gasteiger partial charge on any atom is 0.184 e. The molecule has 0 aliphatic carbocycles. The molecule has 5 nitrogen and oxygen atoms in total. The Morgan fingerprint density at radius 3 is 1.55 bits per heavy atom. The van der Waals surface area contributed by atoms with Crippen LogP contribution >= 0.6 is 0 Å². The zero-order valence-corrected chi connectivity index (χ0v) is 18.6. The number of hydrogen-bond donors (Lipinski definition) is 1. The first-order chi connectivity index (χ1) is 9.68. The molecule has 0 radical (unpaired) electrons. The van der Waals surface area contributed by atoms with Gasteiger partial charge in [0.15, 0.2) is 31.2 Å². The molecular formula is C14H34O5Si3. The van der Waals surface area contributed by atoms with Gasteiger partial charge in [0.2, 0.25) is 0 Å². The lowest BCUT2D eigenvalue weighted by Crippen LogP contribution is -2.61. The van der Waals surface area contributed by atoms with Crippen LogP contribution in [0.2, 0.25) is 58.9 Å². The second-order valence-electron chi connectivity index (χ2n) is 8.88. The topological polar surface area (TPSA) is 57.2 Å². The van der Waals surface area contributed by atoms with Crippen molar-refractivity contribution in [2.75, 3.05) is 6.61 Å². The summed E-state index contributed by atoms with van der Waals surface area (Å²) in [7, 11) is -5.39. The molecule has 1 aliphatic heterocycles. The molecule has 8 heteroatoms. The third kappa shape index (κ3) is 7.35. The van der Waals surface area contributed by atoms with Crippen LogP contribution < -0.4 is 0 Å². The van der Waals surface area contributed by atoms with E-state index in [9.17, 15) is 5.11 Å². The fraction of sp³-hybridized carbons (Fsp3) is 1.00. The lowest BCUT2D eigenvalue weighted by Gasteiger charge is -2.46. The van der Waals surface area contributed by atoms with Crippen molar-refractivity contribution in [2.24, 2.45) is 0 Å². The van der Waals surface area contributed by atoms with Crippen LogP contribution in [-0.2, 0) is 18.0 Å². The summed E-state index contributed by atoms with van der Waals surface area (Å²) in [5, 5.41) is 10.3. The summed E-state index contributed by atoms with van der Waals surface area (Å²) in [5.74, 6) is 0. The summed E-state index contributed by atoms with van der Waals surface area (Å²) in [6.45, 7) is 19.6. The van der Waals surface area contributed by atoms with Gasteiger partial charge in [-0.3, -0.25) is 0 Å². The van der Waals surface area contributed by atoms with Crippen LogP contribution in [-0.4, -0.2) is 61.3 Å². The average Bonchev–Trinajstić information content (AvgIpc) is 2.22. The molecule has 1 fully saturated rings. The molecule has 1 heterocycles. The van der Waals surface area contributed by atoms with Gasteiger partial charge in [0, 0.05) is 0 Å². The Kier molecular flexibility index (Phi) is 6.65. The van der Waals surface area contributed by atoms with Gasteiger partial charge < -0.3 is 23.1 Å². The lowest BCUT2D eigenvalue weighted by molar-refractivity contribution is -0.240. The molecule has 0 saturated carbocycles. The molecule has 4 atom stereocenters. The third-order valence-corrected chi connectivity index (χ3v) is 5.86. The second-order valence-corrected chi connectivity index (χ2v) is 22.3. The molecule has 0 unspecified atom stereocenters. The summed E-state index contributed by atoms with van der Waals surface area (Å²) in [4.78, 5) is 0. The summed E-state index contributed by atoms with van der Waals surface area (Å²) in [6, 6.07) is 0. The van der Waals surface area contributed by atoms with Crippen LogP contribution in [0.25, 0.3) is 0 Å². The summed E-state index contributed by atoms with van der Waals surface area (Å²) < 4.78 is 24.3. The van der Waals surface area contributed by atoms with Gasteiger partial charge in [-0.25, -0.2) is 0 Å². The van der Waals surface area contributed by atoms with Crippen molar-refractivity contribution < 1.29 is 23.1 Å². The van der Waals surface area contributed by atoms with E-state index in [1.165, 1.54) is 0 Å².